The first-order valence-electron chi connectivity index (χ1n) is 7.77. The highest BCUT2D eigenvalue weighted by Gasteiger charge is 2.35. The van der Waals surface area contributed by atoms with Crippen molar-refractivity contribution < 1.29 is 19.2 Å². The molecule has 0 aliphatic carbocycles. The predicted octanol–water partition coefficient (Wildman–Crippen LogP) is 2.31. The maximum absolute atomic E-state index is 12.8. The van der Waals surface area contributed by atoms with Gasteiger partial charge in [0.2, 0.25) is 5.69 Å². The van der Waals surface area contributed by atoms with Gasteiger partial charge in [-0.15, -0.1) is 0 Å². The topological polar surface area (TPSA) is 111 Å². The molecule has 0 unspecified atom stereocenters. The molecule has 0 saturated carbocycles. The molecule has 1 aliphatic rings. The van der Waals surface area contributed by atoms with Crippen LogP contribution in [0.4, 0.5) is 5.69 Å². The molecule has 1 saturated heterocycles. The van der Waals surface area contributed by atoms with Crippen LogP contribution in [0.3, 0.4) is 0 Å². The lowest BCUT2D eigenvalue weighted by molar-refractivity contribution is -0.385. The van der Waals surface area contributed by atoms with Crippen LogP contribution < -0.4 is 9.47 Å². The van der Waals surface area contributed by atoms with Gasteiger partial charge in [-0.3, -0.25) is 20.0 Å². The maximum Gasteiger partial charge on any atom is 0.319 e. The molecule has 2 heterocycles. The van der Waals surface area contributed by atoms with Crippen molar-refractivity contribution in [2.45, 2.75) is 18.9 Å². The SMILES string of the molecule is COc1ccc([C@H]2CCCN2C(=O)c2[nH]ncc2[N+](=O)[O-])cc1OC. The van der Waals surface area contributed by atoms with E-state index in [1.807, 2.05) is 12.1 Å². The molecule has 1 aromatic carbocycles. The fourth-order valence-corrected chi connectivity index (χ4v) is 3.14. The lowest BCUT2D eigenvalue weighted by atomic mass is 10.0. The number of carbonyl (C=O) groups excluding carboxylic acids is 1. The average molecular weight is 346 g/mol. The number of nitro groups is 1. The fraction of sp³-hybridized carbons (Fsp3) is 0.375. The minimum atomic E-state index is -0.613. The van der Waals surface area contributed by atoms with Crippen LogP contribution in [0.5, 0.6) is 11.5 Å². The smallest absolute Gasteiger partial charge is 0.319 e. The van der Waals surface area contributed by atoms with Crippen molar-refractivity contribution in [3.8, 4) is 11.5 Å². The van der Waals surface area contributed by atoms with Gasteiger partial charge in [-0.1, -0.05) is 6.07 Å². The number of methoxy groups -OCH3 is 2. The molecular formula is C16H18N4O5. The number of hydrogen-bond donors (Lipinski definition) is 1. The summed E-state index contributed by atoms with van der Waals surface area (Å²) in [6, 6.07) is 5.30. The molecule has 1 N–H and O–H groups in total. The van der Waals surface area contributed by atoms with E-state index >= 15 is 0 Å². The van der Waals surface area contributed by atoms with E-state index in [1.165, 1.54) is 0 Å². The minimum Gasteiger partial charge on any atom is -0.493 e. The summed E-state index contributed by atoms with van der Waals surface area (Å²) in [6.45, 7) is 0.522. The first-order valence-corrected chi connectivity index (χ1v) is 7.77. The molecule has 1 aliphatic heterocycles. The number of aromatic nitrogens is 2. The third-order valence-electron chi connectivity index (χ3n) is 4.34. The predicted molar refractivity (Wildman–Crippen MR) is 87.8 cm³/mol. The van der Waals surface area contributed by atoms with Crippen molar-refractivity contribution >= 4 is 11.6 Å². The molecule has 1 aromatic heterocycles. The van der Waals surface area contributed by atoms with Crippen molar-refractivity contribution in [3.63, 3.8) is 0 Å². The van der Waals surface area contributed by atoms with Crippen LogP contribution in [0.1, 0.15) is 34.9 Å². The number of hydrogen-bond acceptors (Lipinski definition) is 6. The van der Waals surface area contributed by atoms with Gasteiger partial charge in [0.15, 0.2) is 11.5 Å². The van der Waals surface area contributed by atoms with Gasteiger partial charge in [-0.25, -0.2) is 0 Å². The van der Waals surface area contributed by atoms with E-state index < -0.39 is 10.8 Å². The van der Waals surface area contributed by atoms with Gasteiger partial charge >= 0.3 is 5.69 Å². The molecule has 1 atom stereocenters. The molecule has 3 rings (SSSR count). The number of amides is 1. The van der Waals surface area contributed by atoms with E-state index in [0.29, 0.717) is 18.0 Å². The van der Waals surface area contributed by atoms with E-state index in [-0.39, 0.29) is 17.4 Å². The summed E-state index contributed by atoms with van der Waals surface area (Å²) in [7, 11) is 3.10. The fourth-order valence-electron chi connectivity index (χ4n) is 3.14. The summed E-state index contributed by atoms with van der Waals surface area (Å²) in [4.78, 5) is 24.9. The molecule has 0 spiro atoms. The Morgan fingerprint density at radius 2 is 2.12 bits per heavy atom. The average Bonchev–Trinajstić information content (AvgIpc) is 3.29. The zero-order valence-corrected chi connectivity index (χ0v) is 13.9. The van der Waals surface area contributed by atoms with Crippen molar-refractivity contribution in [1.82, 2.24) is 15.1 Å². The summed E-state index contributed by atoms with van der Waals surface area (Å²) in [5.74, 6) is 0.750. The standard InChI is InChI=1S/C16H18N4O5/c1-24-13-6-5-10(8-14(13)25-2)11-4-3-7-19(11)16(21)15-12(20(22)23)9-17-18-15/h5-6,8-9,11H,3-4,7H2,1-2H3,(H,17,18)/t11-/m1/s1. The van der Waals surface area contributed by atoms with Gasteiger partial charge in [-0.05, 0) is 30.5 Å². The lowest BCUT2D eigenvalue weighted by Gasteiger charge is -2.25. The highest BCUT2D eigenvalue weighted by Crippen LogP contribution is 2.38. The first kappa shape index (κ1) is 16.7. The number of carbonyl (C=O) groups is 1. The zero-order valence-electron chi connectivity index (χ0n) is 13.9. The number of nitrogens with zero attached hydrogens (tertiary/aromatic N) is 3. The van der Waals surface area contributed by atoms with Crippen LogP contribution in [0, 0.1) is 10.1 Å². The number of likely N-dealkylation sites (tertiary alicyclic amines) is 1. The number of benzene rings is 1. The van der Waals surface area contributed by atoms with Gasteiger partial charge in [0, 0.05) is 6.54 Å². The largest absolute Gasteiger partial charge is 0.493 e. The van der Waals surface area contributed by atoms with Gasteiger partial charge in [0.05, 0.1) is 25.2 Å². The second kappa shape index (κ2) is 6.80. The molecule has 9 nitrogen and oxygen atoms in total. The Kier molecular flexibility index (Phi) is 4.55. The monoisotopic (exact) mass is 346 g/mol. The van der Waals surface area contributed by atoms with Crippen LogP contribution in [-0.4, -0.2) is 46.7 Å². The molecule has 1 amide bonds. The summed E-state index contributed by atoms with van der Waals surface area (Å²) >= 11 is 0. The van der Waals surface area contributed by atoms with E-state index in [2.05, 4.69) is 10.2 Å². The highest BCUT2D eigenvalue weighted by molar-refractivity contribution is 5.96. The first-order chi connectivity index (χ1) is 12.1. The summed E-state index contributed by atoms with van der Waals surface area (Å²) in [5.41, 5.74) is 0.478. The van der Waals surface area contributed by atoms with Crippen LogP contribution in [-0.2, 0) is 0 Å². The Balaban J connectivity index is 1.91. The molecule has 1 fully saturated rings. The Morgan fingerprint density at radius 1 is 1.36 bits per heavy atom. The van der Waals surface area contributed by atoms with Gasteiger partial charge < -0.3 is 14.4 Å². The number of rotatable bonds is 5. The number of ether oxygens (including phenoxy) is 2. The second-order valence-corrected chi connectivity index (χ2v) is 5.66. The number of aromatic amines is 1. The summed E-state index contributed by atoms with van der Waals surface area (Å²) in [5, 5.41) is 17.1. The van der Waals surface area contributed by atoms with Crippen molar-refractivity contribution in [2.24, 2.45) is 0 Å². The maximum atomic E-state index is 12.8. The van der Waals surface area contributed by atoms with Gasteiger partial charge in [0.25, 0.3) is 5.91 Å². The Hall–Kier alpha value is -3.10. The third kappa shape index (κ3) is 3.00. The van der Waals surface area contributed by atoms with E-state index in [0.717, 1.165) is 24.6 Å². The van der Waals surface area contributed by atoms with Crippen molar-refractivity contribution in [3.05, 3.63) is 45.8 Å². The molecular weight excluding hydrogens is 328 g/mol. The molecule has 132 valence electrons. The second-order valence-electron chi connectivity index (χ2n) is 5.66. The van der Waals surface area contributed by atoms with E-state index in [4.69, 9.17) is 9.47 Å². The van der Waals surface area contributed by atoms with Crippen molar-refractivity contribution in [2.75, 3.05) is 20.8 Å². The molecule has 0 bridgehead atoms. The van der Waals surface area contributed by atoms with Crippen molar-refractivity contribution in [1.29, 1.82) is 0 Å². The summed E-state index contributed by atoms with van der Waals surface area (Å²) < 4.78 is 10.6. The Bertz CT molecular complexity index is 804. The molecule has 9 heteroatoms. The highest BCUT2D eigenvalue weighted by atomic mass is 16.6. The molecule has 25 heavy (non-hydrogen) atoms. The zero-order chi connectivity index (χ0) is 18.0. The third-order valence-corrected chi connectivity index (χ3v) is 4.34. The van der Waals surface area contributed by atoms with Crippen LogP contribution >= 0.6 is 0 Å². The lowest BCUT2D eigenvalue weighted by Crippen LogP contribution is -2.31. The van der Waals surface area contributed by atoms with E-state index in [9.17, 15) is 14.9 Å². The van der Waals surface area contributed by atoms with E-state index in [1.54, 1.807) is 25.2 Å². The Labute approximate surface area is 143 Å². The quantitative estimate of drug-likeness (QED) is 0.657. The van der Waals surface area contributed by atoms with Crippen LogP contribution in [0.15, 0.2) is 24.4 Å². The normalized spacial score (nSPS) is 16.7. The Morgan fingerprint density at radius 3 is 2.80 bits per heavy atom. The van der Waals surface area contributed by atoms with Gasteiger partial charge in [-0.2, -0.15) is 5.10 Å². The molecule has 0 radical (unpaired) electrons. The van der Waals surface area contributed by atoms with Crippen LogP contribution in [0.2, 0.25) is 0 Å². The number of H-pyrrole nitrogens is 1. The molecule has 2 aromatic rings. The van der Waals surface area contributed by atoms with Gasteiger partial charge in [0.1, 0.15) is 6.20 Å². The number of nitrogens with one attached hydrogen (secondary N) is 1. The van der Waals surface area contributed by atoms with Crippen LogP contribution in [0.25, 0.3) is 0 Å². The summed E-state index contributed by atoms with van der Waals surface area (Å²) in [6.07, 6.45) is 2.63. The minimum absolute atomic E-state index is 0.0997.